The van der Waals surface area contributed by atoms with Crippen molar-refractivity contribution in [2.75, 3.05) is 7.05 Å². The minimum Gasteiger partial charge on any atom is -0.337 e. The molecule has 1 heterocycles. The highest BCUT2D eigenvalue weighted by atomic mass is 19.4. The number of benzene rings is 1. The molecule has 0 aliphatic rings. The van der Waals surface area contributed by atoms with E-state index in [-0.39, 0.29) is 12.5 Å². The number of H-pyrrole nitrogens is 1. The van der Waals surface area contributed by atoms with Crippen LogP contribution in [0, 0.1) is 0 Å². The van der Waals surface area contributed by atoms with Gasteiger partial charge in [0, 0.05) is 19.8 Å². The van der Waals surface area contributed by atoms with Crippen LogP contribution in [0.4, 0.5) is 13.2 Å². The standard InChI is InChI=1S/C13H12F3N3O/c1-19(12(20)10-6-17-18-7-10)8-9-2-4-11(5-3-9)13(14,15)16/h2-7H,8H2,1H3,(H,17,18). The number of aromatic nitrogens is 2. The first-order valence-electron chi connectivity index (χ1n) is 5.78. The Labute approximate surface area is 113 Å². The molecule has 0 unspecified atom stereocenters. The summed E-state index contributed by atoms with van der Waals surface area (Å²) in [5.41, 5.74) is 0.321. The number of nitrogens with zero attached hydrogens (tertiary/aromatic N) is 2. The molecule has 0 bridgehead atoms. The topological polar surface area (TPSA) is 49.0 Å². The smallest absolute Gasteiger partial charge is 0.337 e. The molecule has 2 rings (SSSR count). The molecule has 1 aromatic carbocycles. The van der Waals surface area contributed by atoms with Crippen molar-refractivity contribution in [2.24, 2.45) is 0 Å². The summed E-state index contributed by atoms with van der Waals surface area (Å²) >= 11 is 0. The first-order valence-corrected chi connectivity index (χ1v) is 5.78. The van der Waals surface area contributed by atoms with Gasteiger partial charge in [0.2, 0.25) is 0 Å². The Morgan fingerprint density at radius 1 is 1.30 bits per heavy atom. The van der Waals surface area contributed by atoms with E-state index in [1.54, 1.807) is 7.05 Å². The summed E-state index contributed by atoms with van der Waals surface area (Å²) in [6, 6.07) is 4.74. The van der Waals surface area contributed by atoms with Crippen LogP contribution in [0.15, 0.2) is 36.7 Å². The number of amides is 1. The van der Waals surface area contributed by atoms with Crippen molar-refractivity contribution in [2.45, 2.75) is 12.7 Å². The lowest BCUT2D eigenvalue weighted by atomic mass is 10.1. The third-order valence-electron chi connectivity index (χ3n) is 2.79. The largest absolute Gasteiger partial charge is 0.416 e. The molecule has 0 aliphatic carbocycles. The van der Waals surface area contributed by atoms with E-state index in [0.717, 1.165) is 12.1 Å². The van der Waals surface area contributed by atoms with Gasteiger partial charge in [0.1, 0.15) is 0 Å². The van der Waals surface area contributed by atoms with Crippen molar-refractivity contribution in [1.29, 1.82) is 0 Å². The summed E-state index contributed by atoms with van der Waals surface area (Å²) < 4.78 is 37.3. The van der Waals surface area contributed by atoms with E-state index in [1.807, 2.05) is 0 Å². The fourth-order valence-electron chi connectivity index (χ4n) is 1.73. The normalized spacial score (nSPS) is 11.4. The molecule has 0 aliphatic heterocycles. The highest BCUT2D eigenvalue weighted by Gasteiger charge is 2.29. The van der Waals surface area contributed by atoms with Crippen LogP contribution in [0.3, 0.4) is 0 Å². The van der Waals surface area contributed by atoms with Gasteiger partial charge in [0.25, 0.3) is 5.91 Å². The Balaban J connectivity index is 2.05. The van der Waals surface area contributed by atoms with Crippen LogP contribution in [0.1, 0.15) is 21.5 Å². The molecular weight excluding hydrogens is 271 g/mol. The molecule has 0 fully saturated rings. The van der Waals surface area contributed by atoms with Crippen LogP contribution in [-0.2, 0) is 12.7 Å². The summed E-state index contributed by atoms with van der Waals surface area (Å²) in [5.74, 6) is -0.251. The second-order valence-corrected chi connectivity index (χ2v) is 4.34. The number of halogens is 3. The van der Waals surface area contributed by atoms with Crippen molar-refractivity contribution in [3.05, 3.63) is 53.3 Å². The van der Waals surface area contributed by atoms with E-state index < -0.39 is 11.7 Å². The first kappa shape index (κ1) is 14.1. The molecule has 0 atom stereocenters. The average Bonchev–Trinajstić information content (AvgIpc) is 2.91. The van der Waals surface area contributed by atoms with Gasteiger partial charge in [0.15, 0.2) is 0 Å². The third kappa shape index (κ3) is 3.17. The molecule has 1 N–H and O–H groups in total. The average molecular weight is 283 g/mol. The third-order valence-corrected chi connectivity index (χ3v) is 2.79. The van der Waals surface area contributed by atoms with Crippen LogP contribution < -0.4 is 0 Å². The van der Waals surface area contributed by atoms with E-state index >= 15 is 0 Å². The van der Waals surface area contributed by atoms with E-state index in [0.29, 0.717) is 11.1 Å². The van der Waals surface area contributed by atoms with Gasteiger partial charge < -0.3 is 4.90 Å². The second-order valence-electron chi connectivity index (χ2n) is 4.34. The predicted molar refractivity (Wildman–Crippen MR) is 65.8 cm³/mol. The van der Waals surface area contributed by atoms with Crippen molar-refractivity contribution in [3.63, 3.8) is 0 Å². The quantitative estimate of drug-likeness (QED) is 0.941. The highest BCUT2D eigenvalue weighted by molar-refractivity contribution is 5.93. The number of aromatic amines is 1. The zero-order valence-corrected chi connectivity index (χ0v) is 10.6. The van der Waals surface area contributed by atoms with Crippen LogP contribution in [0.5, 0.6) is 0 Å². The SMILES string of the molecule is CN(Cc1ccc(C(F)(F)F)cc1)C(=O)c1cn[nH]c1. The van der Waals surface area contributed by atoms with Crippen LogP contribution in [0.25, 0.3) is 0 Å². The van der Waals surface area contributed by atoms with Crippen LogP contribution >= 0.6 is 0 Å². The molecule has 1 aromatic heterocycles. The predicted octanol–water partition coefficient (Wildman–Crippen LogP) is 2.70. The second kappa shape index (κ2) is 5.36. The summed E-state index contributed by atoms with van der Waals surface area (Å²) in [7, 11) is 1.58. The fraction of sp³-hybridized carbons (Fsp3) is 0.231. The molecule has 20 heavy (non-hydrogen) atoms. The molecule has 2 aromatic rings. The Morgan fingerprint density at radius 3 is 2.45 bits per heavy atom. The summed E-state index contributed by atoms with van der Waals surface area (Å²) in [5, 5.41) is 6.20. The summed E-state index contributed by atoms with van der Waals surface area (Å²) in [4.78, 5) is 13.3. The van der Waals surface area contributed by atoms with Gasteiger partial charge in [-0.15, -0.1) is 0 Å². The maximum absolute atomic E-state index is 12.4. The Kier molecular flexibility index (Phi) is 3.78. The fourth-order valence-corrected chi connectivity index (χ4v) is 1.73. The lowest BCUT2D eigenvalue weighted by Gasteiger charge is -2.16. The molecule has 0 radical (unpaired) electrons. The van der Waals surface area contributed by atoms with Gasteiger partial charge >= 0.3 is 6.18 Å². The van der Waals surface area contributed by atoms with Crippen LogP contribution in [0.2, 0.25) is 0 Å². The highest BCUT2D eigenvalue weighted by Crippen LogP contribution is 2.29. The molecule has 0 saturated heterocycles. The van der Waals surface area contributed by atoms with Crippen LogP contribution in [-0.4, -0.2) is 28.1 Å². The minimum atomic E-state index is -4.35. The number of nitrogens with one attached hydrogen (secondary N) is 1. The van der Waals surface area contributed by atoms with Gasteiger partial charge in [-0.2, -0.15) is 18.3 Å². The zero-order valence-electron chi connectivity index (χ0n) is 10.6. The van der Waals surface area contributed by atoms with Gasteiger partial charge in [-0.1, -0.05) is 12.1 Å². The number of rotatable bonds is 3. The van der Waals surface area contributed by atoms with Gasteiger partial charge in [-0.3, -0.25) is 9.89 Å². The molecule has 0 saturated carbocycles. The Bertz CT molecular complexity index is 576. The van der Waals surface area contributed by atoms with E-state index in [9.17, 15) is 18.0 Å². The summed E-state index contributed by atoms with van der Waals surface area (Å²) in [6.07, 6.45) is -1.49. The van der Waals surface area contributed by atoms with Gasteiger partial charge in [-0.25, -0.2) is 0 Å². The lowest BCUT2D eigenvalue weighted by molar-refractivity contribution is -0.137. The minimum absolute atomic E-state index is 0.224. The van der Waals surface area contributed by atoms with E-state index in [4.69, 9.17) is 0 Å². The van der Waals surface area contributed by atoms with E-state index in [2.05, 4.69) is 10.2 Å². The van der Waals surface area contributed by atoms with Crippen molar-refractivity contribution in [3.8, 4) is 0 Å². The Hall–Kier alpha value is -2.31. The van der Waals surface area contributed by atoms with Gasteiger partial charge in [0.05, 0.1) is 17.3 Å². The van der Waals surface area contributed by atoms with Crippen molar-refractivity contribution < 1.29 is 18.0 Å². The first-order chi connectivity index (χ1) is 9.38. The van der Waals surface area contributed by atoms with Gasteiger partial charge in [-0.05, 0) is 17.7 Å². The molecule has 4 nitrogen and oxygen atoms in total. The molecule has 1 amide bonds. The molecule has 0 spiro atoms. The molecular formula is C13H12F3N3O. The monoisotopic (exact) mass is 283 g/mol. The number of hydrogen-bond acceptors (Lipinski definition) is 2. The lowest BCUT2D eigenvalue weighted by Crippen LogP contribution is -2.25. The van der Waals surface area contributed by atoms with Crippen molar-refractivity contribution >= 4 is 5.91 Å². The zero-order chi connectivity index (χ0) is 14.8. The maximum atomic E-state index is 12.4. The number of carbonyl (C=O) groups excluding carboxylic acids is 1. The van der Waals surface area contributed by atoms with E-state index in [1.165, 1.54) is 29.4 Å². The maximum Gasteiger partial charge on any atom is 0.416 e. The Morgan fingerprint density at radius 2 is 1.95 bits per heavy atom. The van der Waals surface area contributed by atoms with Crippen molar-refractivity contribution in [1.82, 2.24) is 15.1 Å². The number of hydrogen-bond donors (Lipinski definition) is 1. The number of alkyl halides is 3. The molecule has 7 heteroatoms. The number of carbonyl (C=O) groups is 1. The summed E-state index contributed by atoms with van der Waals surface area (Å²) in [6.45, 7) is 0.224. The molecule has 106 valence electrons.